The first kappa shape index (κ1) is 20.3. The van der Waals surface area contributed by atoms with Gasteiger partial charge in [0.05, 0.1) is 0 Å². The van der Waals surface area contributed by atoms with Gasteiger partial charge in [-0.05, 0) is 23.1 Å². The van der Waals surface area contributed by atoms with Gasteiger partial charge in [0.2, 0.25) is 0 Å². The van der Waals surface area contributed by atoms with E-state index >= 15 is 0 Å². The standard InChI is InChI=1S/C23H24N6O2/c1-2-3-8-18-26-19-20(23(31)28-27-22(19)30)29(18)13-14-9-11-15(12-10-14)16-6-4-5-7-17(16)21(24)25/h4-7,9-12H,2-3,8,13H2,1H3,(H3,24,25)(H,27,30)(H,28,31). The molecule has 0 unspecified atom stereocenters. The quantitative estimate of drug-likeness (QED) is 0.272. The third-order valence-electron chi connectivity index (χ3n) is 5.34. The first-order valence-electron chi connectivity index (χ1n) is 10.2. The zero-order valence-corrected chi connectivity index (χ0v) is 17.2. The van der Waals surface area contributed by atoms with E-state index in [1.807, 2.05) is 53.1 Å². The molecule has 2 heterocycles. The van der Waals surface area contributed by atoms with Gasteiger partial charge < -0.3 is 10.3 Å². The molecule has 2 aromatic heterocycles. The van der Waals surface area contributed by atoms with Crippen LogP contribution in [0.5, 0.6) is 0 Å². The lowest BCUT2D eigenvalue weighted by atomic mass is 9.98. The Hall–Kier alpha value is -3.94. The summed E-state index contributed by atoms with van der Waals surface area (Å²) < 4.78 is 1.83. The Morgan fingerprint density at radius 2 is 1.77 bits per heavy atom. The minimum Gasteiger partial charge on any atom is -0.384 e. The van der Waals surface area contributed by atoms with E-state index in [1.165, 1.54) is 0 Å². The third kappa shape index (κ3) is 3.92. The summed E-state index contributed by atoms with van der Waals surface area (Å²) in [7, 11) is 0. The summed E-state index contributed by atoms with van der Waals surface area (Å²) in [6.45, 7) is 2.51. The fourth-order valence-electron chi connectivity index (χ4n) is 3.76. The van der Waals surface area contributed by atoms with Crippen LogP contribution in [-0.2, 0) is 13.0 Å². The number of unbranched alkanes of at least 4 members (excludes halogenated alkanes) is 1. The maximum absolute atomic E-state index is 12.5. The highest BCUT2D eigenvalue weighted by Crippen LogP contribution is 2.24. The Labute approximate surface area is 178 Å². The average Bonchev–Trinajstić information content (AvgIpc) is 3.14. The molecule has 0 aliphatic carbocycles. The van der Waals surface area contributed by atoms with Crippen LogP contribution in [0.2, 0.25) is 0 Å². The number of nitrogens with one attached hydrogen (secondary N) is 3. The second-order valence-electron chi connectivity index (χ2n) is 7.48. The van der Waals surface area contributed by atoms with Crippen LogP contribution in [0.4, 0.5) is 0 Å². The Balaban J connectivity index is 1.73. The van der Waals surface area contributed by atoms with Gasteiger partial charge in [-0.25, -0.2) is 4.98 Å². The number of fused-ring (bicyclic) bond motifs is 1. The van der Waals surface area contributed by atoms with Crippen LogP contribution >= 0.6 is 0 Å². The number of rotatable bonds is 7. The maximum Gasteiger partial charge on any atom is 0.290 e. The zero-order valence-electron chi connectivity index (χ0n) is 17.2. The molecule has 158 valence electrons. The van der Waals surface area contributed by atoms with E-state index in [0.29, 0.717) is 24.0 Å². The molecule has 4 rings (SSSR count). The number of imidazole rings is 1. The number of hydrogen-bond donors (Lipinski definition) is 4. The van der Waals surface area contributed by atoms with Gasteiger partial charge in [0.15, 0.2) is 5.52 Å². The Morgan fingerprint density at radius 3 is 2.48 bits per heavy atom. The molecule has 0 fully saturated rings. The van der Waals surface area contributed by atoms with Gasteiger partial charge in [0.25, 0.3) is 11.1 Å². The second kappa shape index (κ2) is 8.43. The number of aromatic amines is 2. The Morgan fingerprint density at radius 1 is 1.06 bits per heavy atom. The molecular formula is C23H24N6O2. The van der Waals surface area contributed by atoms with Gasteiger partial charge in [-0.15, -0.1) is 0 Å². The van der Waals surface area contributed by atoms with Crippen molar-refractivity contribution in [2.75, 3.05) is 0 Å². The number of nitrogens with two attached hydrogens (primary N) is 1. The number of H-pyrrole nitrogens is 2. The van der Waals surface area contributed by atoms with Crippen LogP contribution < -0.4 is 16.9 Å². The zero-order chi connectivity index (χ0) is 22.0. The summed E-state index contributed by atoms with van der Waals surface area (Å²) in [5.41, 5.74) is 8.91. The van der Waals surface area contributed by atoms with Gasteiger partial charge in [-0.3, -0.25) is 25.2 Å². The number of amidine groups is 1. The predicted octanol–water partition coefficient (Wildman–Crippen LogP) is 2.75. The SMILES string of the molecule is CCCCc1nc2c(=O)[nH][nH]c(=O)c2n1Cc1ccc(-c2ccccc2C(=N)N)cc1. The predicted molar refractivity (Wildman–Crippen MR) is 122 cm³/mol. The van der Waals surface area contributed by atoms with E-state index in [0.717, 1.165) is 35.4 Å². The summed E-state index contributed by atoms with van der Waals surface area (Å²) in [6.07, 6.45) is 2.59. The minimum absolute atomic E-state index is 0.0228. The van der Waals surface area contributed by atoms with Gasteiger partial charge in [-0.1, -0.05) is 61.9 Å². The molecule has 0 bridgehead atoms. The number of aryl methyl sites for hydroxylation is 1. The summed E-state index contributed by atoms with van der Waals surface area (Å²) in [4.78, 5) is 29.1. The van der Waals surface area contributed by atoms with Crippen molar-refractivity contribution in [1.82, 2.24) is 19.7 Å². The lowest BCUT2D eigenvalue weighted by Gasteiger charge is -2.11. The molecule has 0 atom stereocenters. The molecule has 0 saturated carbocycles. The molecule has 5 N–H and O–H groups in total. The van der Waals surface area contributed by atoms with E-state index in [1.54, 1.807) is 0 Å². The van der Waals surface area contributed by atoms with Crippen LogP contribution in [0.15, 0.2) is 58.1 Å². The van der Waals surface area contributed by atoms with E-state index in [4.69, 9.17) is 11.1 Å². The fourth-order valence-corrected chi connectivity index (χ4v) is 3.76. The lowest BCUT2D eigenvalue weighted by Crippen LogP contribution is -2.21. The van der Waals surface area contributed by atoms with Gasteiger partial charge >= 0.3 is 0 Å². The normalized spacial score (nSPS) is 11.1. The molecule has 0 aliphatic heterocycles. The highest BCUT2D eigenvalue weighted by atomic mass is 16.1. The summed E-state index contributed by atoms with van der Waals surface area (Å²) >= 11 is 0. The highest BCUT2D eigenvalue weighted by molar-refractivity contribution is 6.01. The van der Waals surface area contributed by atoms with Crippen molar-refractivity contribution in [3.05, 3.63) is 86.2 Å². The monoisotopic (exact) mass is 416 g/mol. The molecule has 0 saturated heterocycles. The second-order valence-corrected chi connectivity index (χ2v) is 7.48. The number of aromatic nitrogens is 4. The van der Waals surface area contributed by atoms with Crippen molar-refractivity contribution in [1.29, 1.82) is 5.41 Å². The Kier molecular flexibility index (Phi) is 5.53. The van der Waals surface area contributed by atoms with Crippen molar-refractivity contribution >= 4 is 16.9 Å². The molecule has 2 aromatic carbocycles. The van der Waals surface area contributed by atoms with E-state index in [9.17, 15) is 9.59 Å². The summed E-state index contributed by atoms with van der Waals surface area (Å²) in [5, 5.41) is 12.5. The van der Waals surface area contributed by atoms with Gasteiger partial charge in [-0.2, -0.15) is 0 Å². The third-order valence-corrected chi connectivity index (χ3v) is 5.34. The first-order valence-corrected chi connectivity index (χ1v) is 10.2. The average molecular weight is 416 g/mol. The van der Waals surface area contributed by atoms with Crippen molar-refractivity contribution < 1.29 is 0 Å². The molecule has 4 aromatic rings. The number of hydrogen-bond acceptors (Lipinski definition) is 4. The molecule has 31 heavy (non-hydrogen) atoms. The number of benzene rings is 2. The number of nitrogens with zero attached hydrogens (tertiary/aromatic N) is 2. The molecule has 0 radical (unpaired) electrons. The molecule has 0 aliphatic rings. The summed E-state index contributed by atoms with van der Waals surface area (Å²) in [5.74, 6) is 0.750. The molecule has 8 heteroatoms. The minimum atomic E-state index is -0.401. The van der Waals surface area contributed by atoms with Crippen molar-refractivity contribution in [2.45, 2.75) is 32.7 Å². The van der Waals surface area contributed by atoms with Crippen molar-refractivity contribution in [2.24, 2.45) is 5.73 Å². The molecule has 0 spiro atoms. The van der Waals surface area contributed by atoms with Crippen LogP contribution in [-0.4, -0.2) is 25.6 Å². The molecule has 0 amide bonds. The Bertz CT molecular complexity index is 1360. The number of nitrogen functional groups attached to an aromatic ring is 1. The van der Waals surface area contributed by atoms with Crippen molar-refractivity contribution in [3.8, 4) is 11.1 Å². The maximum atomic E-state index is 12.5. The molecular weight excluding hydrogens is 392 g/mol. The largest absolute Gasteiger partial charge is 0.384 e. The van der Waals surface area contributed by atoms with Gasteiger partial charge in [0.1, 0.15) is 17.2 Å². The lowest BCUT2D eigenvalue weighted by molar-refractivity contribution is 0.688. The molecule has 8 nitrogen and oxygen atoms in total. The van der Waals surface area contributed by atoms with E-state index in [-0.39, 0.29) is 16.9 Å². The van der Waals surface area contributed by atoms with Crippen LogP contribution in [0.1, 0.15) is 36.7 Å². The van der Waals surface area contributed by atoms with Crippen LogP contribution in [0.25, 0.3) is 22.2 Å². The summed E-state index contributed by atoms with van der Waals surface area (Å²) in [6, 6.07) is 15.4. The van der Waals surface area contributed by atoms with Crippen molar-refractivity contribution in [3.63, 3.8) is 0 Å². The van der Waals surface area contributed by atoms with Crippen LogP contribution in [0, 0.1) is 5.41 Å². The fraction of sp³-hybridized carbons (Fsp3) is 0.217. The van der Waals surface area contributed by atoms with E-state index in [2.05, 4.69) is 22.1 Å². The van der Waals surface area contributed by atoms with E-state index < -0.39 is 5.56 Å². The highest BCUT2D eigenvalue weighted by Gasteiger charge is 2.17. The van der Waals surface area contributed by atoms with Crippen LogP contribution in [0.3, 0.4) is 0 Å². The van der Waals surface area contributed by atoms with Gasteiger partial charge in [0, 0.05) is 18.5 Å². The topological polar surface area (TPSA) is 133 Å². The smallest absolute Gasteiger partial charge is 0.290 e. The first-order chi connectivity index (χ1) is 15.0.